The normalized spacial score (nSPS) is 11.7. The lowest BCUT2D eigenvalue weighted by Gasteiger charge is -1.88. The summed E-state index contributed by atoms with van der Waals surface area (Å²) in [7, 11) is 0. The molecule has 0 amide bonds. The van der Waals surface area contributed by atoms with Gasteiger partial charge in [0, 0.05) is 0 Å². The number of rotatable bonds is 1. The van der Waals surface area contributed by atoms with Crippen LogP contribution in [0.3, 0.4) is 0 Å². The van der Waals surface area contributed by atoms with Gasteiger partial charge in [-0.3, -0.25) is 4.79 Å². The lowest BCUT2D eigenvalue weighted by Crippen LogP contribution is -2.06. The lowest BCUT2D eigenvalue weighted by molar-refractivity contribution is -0.136. The Morgan fingerprint density at radius 3 is 2.00 bits per heavy atom. The van der Waals surface area contributed by atoms with Crippen LogP contribution in [0.5, 0.6) is 0 Å². The van der Waals surface area contributed by atoms with E-state index in [4.69, 9.17) is 5.11 Å². The first kappa shape index (κ1) is 9.91. The summed E-state index contributed by atoms with van der Waals surface area (Å²) in [6, 6.07) is 0. The summed E-state index contributed by atoms with van der Waals surface area (Å²) >= 11 is 3.59. The van der Waals surface area contributed by atoms with E-state index in [-0.39, 0.29) is 6.15 Å². The minimum atomic E-state index is -0.877. The Morgan fingerprint density at radius 1 is 1.86 bits per heavy atom. The van der Waals surface area contributed by atoms with Gasteiger partial charge in [0.2, 0.25) is 0 Å². The van der Waals surface area contributed by atoms with E-state index < -0.39 is 11.2 Å². The predicted octanol–water partition coefficient (Wildman–Crippen LogP) is 0.765. The Kier molecular flexibility index (Phi) is 5.60. The number of carboxylic acid groups (broad SMARTS) is 1. The average molecular weight is 124 g/mol. The van der Waals surface area contributed by atoms with Crippen molar-refractivity contribution in [1.82, 2.24) is 6.15 Å². The molecule has 1 atom stereocenters. The molecule has 7 heavy (non-hydrogen) atoms. The van der Waals surface area contributed by atoms with E-state index in [1.54, 1.807) is 0 Å². The Bertz CT molecular complexity index is 64.0. The number of hydrogen-bond donors (Lipinski definition) is 3. The van der Waals surface area contributed by atoms with Crippen molar-refractivity contribution in [2.24, 2.45) is 0 Å². The highest BCUT2D eigenvalue weighted by Gasteiger charge is 2.00. The van der Waals surface area contributed by atoms with E-state index >= 15 is 0 Å². The van der Waals surface area contributed by atoms with E-state index in [1.807, 2.05) is 0 Å². The number of carbonyl (C=O) groups is 1. The zero-order valence-electron chi connectivity index (χ0n) is 4.38. The Hall–Kier alpha value is -0.220. The van der Waals surface area contributed by atoms with Gasteiger partial charge in [-0.25, -0.2) is 0 Å². The van der Waals surface area contributed by atoms with Gasteiger partial charge in [-0.1, -0.05) is 0 Å². The van der Waals surface area contributed by atoms with Crippen LogP contribution in [0, 0.1) is 0 Å². The van der Waals surface area contributed by atoms with E-state index in [2.05, 4.69) is 12.6 Å². The number of hydrogen-bond acceptors (Lipinski definition) is 2. The second-order valence-corrected chi connectivity index (χ2v) is 1.79. The molecule has 3 nitrogen and oxygen atoms in total. The molecule has 0 rings (SSSR count). The summed E-state index contributed by atoms with van der Waals surface area (Å²) in [4.78, 5) is 9.62. The van der Waals surface area contributed by atoms with Crippen molar-refractivity contribution in [3.63, 3.8) is 0 Å². The molecule has 0 spiro atoms. The number of aliphatic carboxylic acids is 1. The summed E-state index contributed by atoms with van der Waals surface area (Å²) in [6.07, 6.45) is 0. The van der Waals surface area contributed by atoms with Gasteiger partial charge in [-0.2, -0.15) is 12.6 Å². The van der Waals surface area contributed by atoms with Crippen molar-refractivity contribution in [2.45, 2.75) is 12.2 Å². The van der Waals surface area contributed by atoms with Crippen molar-refractivity contribution in [2.75, 3.05) is 0 Å². The second-order valence-electron chi connectivity index (χ2n) is 1.01. The molecule has 44 valence electrons. The van der Waals surface area contributed by atoms with Crippen LogP contribution in [0.15, 0.2) is 0 Å². The SMILES string of the molecule is CC(S)C(=O)O.[NH4+]. The second kappa shape index (κ2) is 3.95. The molecule has 0 aliphatic heterocycles. The first-order chi connectivity index (χ1) is 2.64. The van der Waals surface area contributed by atoms with Crippen molar-refractivity contribution < 1.29 is 9.90 Å². The monoisotopic (exact) mass is 124 g/mol. The van der Waals surface area contributed by atoms with E-state index in [9.17, 15) is 4.79 Å². The van der Waals surface area contributed by atoms with Gasteiger partial charge in [-0.15, -0.1) is 0 Å². The van der Waals surface area contributed by atoms with Crippen molar-refractivity contribution in [3.05, 3.63) is 0 Å². The molecule has 0 aliphatic rings. The number of thiol groups is 1. The summed E-state index contributed by atoms with van der Waals surface area (Å²) in [5.41, 5.74) is 0. The molecule has 4 heteroatoms. The minimum Gasteiger partial charge on any atom is -0.480 e. The largest absolute Gasteiger partial charge is 0.480 e. The van der Waals surface area contributed by atoms with Crippen LogP contribution >= 0.6 is 12.6 Å². The van der Waals surface area contributed by atoms with Crippen LogP contribution in [-0.4, -0.2) is 16.3 Å². The van der Waals surface area contributed by atoms with Crippen molar-refractivity contribution in [1.29, 1.82) is 0 Å². The van der Waals surface area contributed by atoms with Gasteiger partial charge in [0.25, 0.3) is 0 Å². The Morgan fingerprint density at radius 2 is 2.00 bits per heavy atom. The van der Waals surface area contributed by atoms with Crippen LogP contribution < -0.4 is 6.15 Å². The first-order valence-electron chi connectivity index (χ1n) is 1.55. The fraction of sp³-hybridized carbons (Fsp3) is 0.667. The van der Waals surface area contributed by atoms with E-state index in [0.717, 1.165) is 0 Å². The van der Waals surface area contributed by atoms with E-state index in [0.29, 0.717) is 0 Å². The average Bonchev–Trinajstić information content (AvgIpc) is 1.36. The maximum Gasteiger partial charge on any atom is 0.316 e. The number of quaternary nitrogens is 1. The summed E-state index contributed by atoms with van der Waals surface area (Å²) < 4.78 is 0. The van der Waals surface area contributed by atoms with Gasteiger partial charge in [-0.05, 0) is 6.92 Å². The quantitative estimate of drug-likeness (QED) is 0.451. The predicted molar refractivity (Wildman–Crippen MR) is 32.1 cm³/mol. The van der Waals surface area contributed by atoms with Crippen molar-refractivity contribution >= 4 is 18.6 Å². The van der Waals surface area contributed by atoms with Crippen LogP contribution in [0.1, 0.15) is 6.92 Å². The molecule has 1 unspecified atom stereocenters. The molecular weight excluding hydrogens is 114 g/mol. The lowest BCUT2D eigenvalue weighted by atomic mass is 10.5. The van der Waals surface area contributed by atoms with Crippen LogP contribution in [0.2, 0.25) is 0 Å². The maximum atomic E-state index is 9.62. The molecule has 5 N–H and O–H groups in total. The zero-order valence-corrected chi connectivity index (χ0v) is 5.27. The maximum absolute atomic E-state index is 9.62. The Balaban J connectivity index is 0. The van der Waals surface area contributed by atoms with Crippen LogP contribution in [0.4, 0.5) is 0 Å². The number of carboxylic acids is 1. The molecule has 0 aliphatic carbocycles. The zero-order chi connectivity index (χ0) is 5.15. The van der Waals surface area contributed by atoms with Crippen molar-refractivity contribution in [3.8, 4) is 0 Å². The molecule has 0 bridgehead atoms. The fourth-order valence-electron chi connectivity index (χ4n) is 0. The molecule has 0 aromatic heterocycles. The minimum absolute atomic E-state index is 0. The summed E-state index contributed by atoms with van der Waals surface area (Å²) in [5.74, 6) is -0.877. The smallest absolute Gasteiger partial charge is 0.316 e. The van der Waals surface area contributed by atoms with Crippen LogP contribution in [0.25, 0.3) is 0 Å². The highest BCUT2D eigenvalue weighted by molar-refractivity contribution is 7.81. The molecule has 0 aromatic carbocycles. The molecule has 0 saturated heterocycles. The van der Waals surface area contributed by atoms with Gasteiger partial charge in [0.05, 0.1) is 5.25 Å². The fourth-order valence-corrected chi connectivity index (χ4v) is 0. The molecule has 0 radical (unpaired) electrons. The summed E-state index contributed by atoms with van der Waals surface area (Å²) in [5, 5.41) is 7.38. The first-order valence-corrected chi connectivity index (χ1v) is 2.07. The summed E-state index contributed by atoms with van der Waals surface area (Å²) in [6.45, 7) is 1.51. The third-order valence-electron chi connectivity index (χ3n) is 0.357. The molecular formula is C3H10NO2S+. The third-order valence-corrected chi connectivity index (χ3v) is 0.578. The highest BCUT2D eigenvalue weighted by Crippen LogP contribution is 1.88. The van der Waals surface area contributed by atoms with E-state index in [1.165, 1.54) is 6.92 Å². The standard InChI is InChI=1S/C3H6O2S.H3N/c1-2(6)3(4)5;/h2,6H,1H3,(H,4,5);1H3/p+1. The topological polar surface area (TPSA) is 73.8 Å². The third kappa shape index (κ3) is 5.78. The van der Waals surface area contributed by atoms with Gasteiger partial charge in [0.1, 0.15) is 0 Å². The molecule has 0 fully saturated rings. The highest BCUT2D eigenvalue weighted by atomic mass is 32.1. The van der Waals surface area contributed by atoms with Gasteiger partial charge >= 0.3 is 5.97 Å². The Labute approximate surface area is 47.7 Å². The van der Waals surface area contributed by atoms with Crippen LogP contribution in [-0.2, 0) is 4.79 Å². The molecule has 0 saturated carbocycles. The van der Waals surface area contributed by atoms with Gasteiger partial charge in [0.15, 0.2) is 0 Å². The molecule has 0 heterocycles. The van der Waals surface area contributed by atoms with Gasteiger partial charge < -0.3 is 11.3 Å². The molecule has 0 aromatic rings.